The number of rotatable bonds is 4. The lowest BCUT2D eigenvalue weighted by Crippen LogP contribution is -2.35. The summed E-state index contributed by atoms with van der Waals surface area (Å²) in [6, 6.07) is 0. The van der Waals surface area contributed by atoms with E-state index in [0.717, 1.165) is 51.0 Å². The Morgan fingerprint density at radius 3 is 2.35 bits per heavy atom. The highest BCUT2D eigenvalue weighted by atomic mass is 19.1. The largest absolute Gasteiger partial charge is 0.427 e. The Morgan fingerprint density at radius 1 is 1.35 bits per heavy atom. The topological polar surface area (TPSA) is 26.3 Å². The van der Waals surface area contributed by atoms with Crippen LogP contribution in [0.5, 0.6) is 0 Å². The van der Waals surface area contributed by atoms with Gasteiger partial charge in [0.25, 0.3) is 0 Å². The normalized spacial score (nSPS) is 22.0. The van der Waals surface area contributed by atoms with Crippen LogP contribution in [0.15, 0.2) is 12.7 Å². The molecule has 1 aliphatic rings. The van der Waals surface area contributed by atoms with Crippen molar-refractivity contribution in [3.8, 4) is 0 Å². The molecule has 0 aromatic rings. The smallest absolute Gasteiger partial charge is 0.332 e. The number of carbonyl (C=O) groups excluding carboxylic acids is 1. The summed E-state index contributed by atoms with van der Waals surface area (Å²) in [5, 5.41) is 0. The first-order valence-corrected chi connectivity index (χ1v) is 6.62. The minimum absolute atomic E-state index is 0.473. The molecule has 1 aliphatic carbocycles. The zero-order chi connectivity index (χ0) is 12.7. The van der Waals surface area contributed by atoms with Gasteiger partial charge in [0, 0.05) is 11.5 Å². The van der Waals surface area contributed by atoms with E-state index in [1.54, 1.807) is 0 Å². The monoisotopic (exact) mass is 242 g/mol. The van der Waals surface area contributed by atoms with Crippen molar-refractivity contribution in [2.75, 3.05) is 0 Å². The van der Waals surface area contributed by atoms with E-state index in [1.165, 1.54) is 6.42 Å². The second-order valence-corrected chi connectivity index (χ2v) is 4.94. The number of hydrogen-bond acceptors (Lipinski definition) is 2. The summed E-state index contributed by atoms with van der Waals surface area (Å²) in [6.07, 6.45) is 7.49. The number of carbonyl (C=O) groups is 1. The van der Waals surface area contributed by atoms with Crippen LogP contribution in [0.25, 0.3) is 0 Å². The molecule has 0 aliphatic heterocycles. The van der Waals surface area contributed by atoms with Crippen LogP contribution in [0.2, 0.25) is 0 Å². The van der Waals surface area contributed by atoms with Crippen molar-refractivity contribution in [1.29, 1.82) is 0 Å². The molecule has 0 spiro atoms. The Balaban J connectivity index is 2.68. The van der Waals surface area contributed by atoms with Crippen molar-refractivity contribution in [3.05, 3.63) is 12.7 Å². The van der Waals surface area contributed by atoms with Gasteiger partial charge in [0.15, 0.2) is 0 Å². The van der Waals surface area contributed by atoms with E-state index in [-0.39, 0.29) is 0 Å². The third kappa shape index (κ3) is 3.83. The Hall–Kier alpha value is -0.860. The van der Waals surface area contributed by atoms with Gasteiger partial charge in [-0.1, -0.05) is 45.6 Å². The summed E-state index contributed by atoms with van der Waals surface area (Å²) < 4.78 is 19.0. The van der Waals surface area contributed by atoms with Crippen LogP contribution in [0.3, 0.4) is 0 Å². The Morgan fingerprint density at radius 2 is 1.88 bits per heavy atom. The molecule has 0 N–H and O–H groups in total. The summed E-state index contributed by atoms with van der Waals surface area (Å²) in [6.45, 7) is 5.28. The molecule has 1 rings (SSSR count). The van der Waals surface area contributed by atoms with E-state index in [1.807, 2.05) is 6.92 Å². The predicted octanol–water partition coefficient (Wildman–Crippen LogP) is 4.15. The van der Waals surface area contributed by atoms with Crippen LogP contribution in [0.1, 0.15) is 58.3 Å². The maximum Gasteiger partial charge on any atom is 0.332 e. The molecular weight excluding hydrogens is 219 g/mol. The van der Waals surface area contributed by atoms with Crippen molar-refractivity contribution < 1.29 is 13.9 Å². The molecule has 1 unspecified atom stereocenters. The van der Waals surface area contributed by atoms with Gasteiger partial charge in [0.05, 0.1) is 0 Å². The molecule has 2 nitrogen and oxygen atoms in total. The van der Waals surface area contributed by atoms with Crippen molar-refractivity contribution in [3.63, 3.8) is 0 Å². The van der Waals surface area contributed by atoms with Crippen molar-refractivity contribution in [2.45, 2.75) is 64.6 Å². The Kier molecular flexibility index (Phi) is 5.66. The maximum atomic E-state index is 14.2. The first kappa shape index (κ1) is 14.2. The molecule has 3 heteroatoms. The lowest BCUT2D eigenvalue weighted by molar-refractivity contribution is -0.170. The van der Waals surface area contributed by atoms with Gasteiger partial charge >= 0.3 is 5.97 Å². The lowest BCUT2D eigenvalue weighted by Gasteiger charge is -2.36. The van der Waals surface area contributed by atoms with Gasteiger partial charge in [-0.25, -0.2) is 9.18 Å². The average Bonchev–Trinajstić information content (AvgIpc) is 2.29. The number of ether oxygens (including phenoxy) is 1. The van der Waals surface area contributed by atoms with Crippen LogP contribution >= 0.6 is 0 Å². The van der Waals surface area contributed by atoms with E-state index >= 15 is 0 Å². The fraction of sp³-hybridized carbons (Fsp3) is 0.786. The van der Waals surface area contributed by atoms with E-state index in [0.29, 0.717) is 0 Å². The van der Waals surface area contributed by atoms with Crippen molar-refractivity contribution in [1.82, 2.24) is 0 Å². The fourth-order valence-corrected chi connectivity index (χ4v) is 2.63. The van der Waals surface area contributed by atoms with Crippen molar-refractivity contribution >= 4 is 5.97 Å². The van der Waals surface area contributed by atoms with Gasteiger partial charge < -0.3 is 4.74 Å². The zero-order valence-corrected chi connectivity index (χ0v) is 10.7. The Bertz CT molecular complexity index is 255. The van der Waals surface area contributed by atoms with Crippen molar-refractivity contribution in [2.24, 2.45) is 5.41 Å². The number of hydrogen-bond donors (Lipinski definition) is 0. The standard InChI is InChI=1S/C14H23FO2/c1-3-12(16)17-13(15)14(4-2)10-8-6-5-7-9-11-14/h3,13H,1,4-11H2,2H3. The molecule has 0 heterocycles. The predicted molar refractivity (Wildman–Crippen MR) is 66.2 cm³/mol. The molecule has 1 fully saturated rings. The van der Waals surface area contributed by atoms with E-state index < -0.39 is 17.7 Å². The summed E-state index contributed by atoms with van der Waals surface area (Å²) in [4.78, 5) is 11.1. The van der Waals surface area contributed by atoms with Crippen LogP contribution in [0, 0.1) is 5.41 Å². The lowest BCUT2D eigenvalue weighted by atomic mass is 9.74. The zero-order valence-electron chi connectivity index (χ0n) is 10.7. The number of halogens is 1. The van der Waals surface area contributed by atoms with E-state index in [4.69, 9.17) is 4.74 Å². The minimum Gasteiger partial charge on any atom is -0.427 e. The maximum absolute atomic E-state index is 14.2. The molecule has 0 bridgehead atoms. The first-order chi connectivity index (χ1) is 8.14. The fourth-order valence-electron chi connectivity index (χ4n) is 2.63. The average molecular weight is 242 g/mol. The summed E-state index contributed by atoms with van der Waals surface area (Å²) in [5.74, 6) is -0.660. The summed E-state index contributed by atoms with van der Waals surface area (Å²) in [7, 11) is 0. The van der Waals surface area contributed by atoms with E-state index in [9.17, 15) is 9.18 Å². The minimum atomic E-state index is -1.49. The molecule has 0 aromatic carbocycles. The van der Waals surface area contributed by atoms with Crippen LogP contribution < -0.4 is 0 Å². The SMILES string of the molecule is C=CC(=O)OC(F)C1(CC)CCCCCCC1. The molecule has 0 aromatic heterocycles. The molecule has 1 atom stereocenters. The highest BCUT2D eigenvalue weighted by Gasteiger charge is 2.39. The molecule has 0 radical (unpaired) electrons. The molecular formula is C14H23FO2. The van der Waals surface area contributed by atoms with Crippen LogP contribution in [0.4, 0.5) is 4.39 Å². The van der Waals surface area contributed by atoms with Gasteiger partial charge in [-0.2, -0.15) is 0 Å². The summed E-state index contributed by atoms with van der Waals surface area (Å²) >= 11 is 0. The van der Waals surface area contributed by atoms with Gasteiger partial charge in [0.2, 0.25) is 6.36 Å². The van der Waals surface area contributed by atoms with Gasteiger partial charge in [-0.3, -0.25) is 0 Å². The first-order valence-electron chi connectivity index (χ1n) is 6.62. The second kappa shape index (κ2) is 6.77. The van der Waals surface area contributed by atoms with E-state index in [2.05, 4.69) is 6.58 Å². The van der Waals surface area contributed by atoms with Crippen LogP contribution in [-0.2, 0) is 9.53 Å². The highest BCUT2D eigenvalue weighted by molar-refractivity contribution is 5.81. The van der Waals surface area contributed by atoms with Crippen LogP contribution in [-0.4, -0.2) is 12.3 Å². The van der Waals surface area contributed by atoms with Gasteiger partial charge in [-0.05, 0) is 19.3 Å². The number of esters is 1. The third-order valence-electron chi connectivity index (χ3n) is 3.92. The highest BCUT2D eigenvalue weighted by Crippen LogP contribution is 2.42. The molecule has 17 heavy (non-hydrogen) atoms. The quantitative estimate of drug-likeness (QED) is 0.546. The Labute approximate surface area is 103 Å². The molecule has 98 valence electrons. The van der Waals surface area contributed by atoms with Gasteiger partial charge in [-0.15, -0.1) is 0 Å². The van der Waals surface area contributed by atoms with Gasteiger partial charge in [0.1, 0.15) is 0 Å². The third-order valence-corrected chi connectivity index (χ3v) is 3.92. The summed E-state index contributed by atoms with van der Waals surface area (Å²) in [5.41, 5.74) is -0.473. The molecule has 0 saturated heterocycles. The second-order valence-electron chi connectivity index (χ2n) is 4.94. The molecule has 0 amide bonds. The molecule has 1 saturated carbocycles. The number of alkyl halides is 1.